The molecular formula is C18H28N2O3S. The third kappa shape index (κ3) is 4.29. The van der Waals surface area contributed by atoms with Crippen molar-refractivity contribution >= 4 is 21.6 Å². The summed E-state index contributed by atoms with van der Waals surface area (Å²) >= 11 is 0. The minimum Gasteiger partial charge on any atom is -0.341 e. The summed E-state index contributed by atoms with van der Waals surface area (Å²) in [7, 11) is -3.56. The molecule has 0 unspecified atom stereocenters. The minimum atomic E-state index is -3.56. The Bertz CT molecular complexity index is 695. The molecule has 1 aliphatic rings. The van der Waals surface area contributed by atoms with Gasteiger partial charge in [-0.25, -0.2) is 8.42 Å². The molecule has 0 spiro atoms. The van der Waals surface area contributed by atoms with Crippen LogP contribution in [0, 0.1) is 19.8 Å². The molecule has 0 aromatic heterocycles. The van der Waals surface area contributed by atoms with Gasteiger partial charge in [0.2, 0.25) is 15.9 Å². The molecule has 0 N–H and O–H groups in total. The van der Waals surface area contributed by atoms with Gasteiger partial charge in [0, 0.05) is 13.1 Å². The molecule has 1 aromatic rings. The number of benzene rings is 1. The molecule has 5 nitrogen and oxygen atoms in total. The lowest BCUT2D eigenvalue weighted by Crippen LogP contribution is -2.51. The fraction of sp³-hybridized carbons (Fsp3) is 0.611. The van der Waals surface area contributed by atoms with E-state index in [1.54, 1.807) is 11.8 Å². The first-order valence-corrected chi connectivity index (χ1v) is 10.3. The largest absolute Gasteiger partial charge is 0.341 e. The van der Waals surface area contributed by atoms with E-state index < -0.39 is 16.1 Å². The van der Waals surface area contributed by atoms with E-state index in [2.05, 4.69) is 6.92 Å². The van der Waals surface area contributed by atoms with E-state index in [1.165, 1.54) is 4.31 Å². The highest BCUT2D eigenvalue weighted by molar-refractivity contribution is 7.92. The van der Waals surface area contributed by atoms with E-state index in [0.717, 1.165) is 30.2 Å². The summed E-state index contributed by atoms with van der Waals surface area (Å²) in [4.78, 5) is 14.7. The number of rotatable bonds is 4. The molecule has 1 saturated heterocycles. The number of carbonyl (C=O) groups is 1. The van der Waals surface area contributed by atoms with Gasteiger partial charge in [-0.2, -0.15) is 0 Å². The van der Waals surface area contributed by atoms with Gasteiger partial charge < -0.3 is 4.90 Å². The van der Waals surface area contributed by atoms with Gasteiger partial charge in [-0.05, 0) is 62.8 Å². The summed E-state index contributed by atoms with van der Waals surface area (Å²) in [6.45, 7) is 9.07. The molecule has 0 saturated carbocycles. The number of sulfonamides is 1. The number of likely N-dealkylation sites (tertiary alicyclic amines) is 1. The molecule has 2 rings (SSSR count). The lowest BCUT2D eigenvalue weighted by Gasteiger charge is -2.36. The summed E-state index contributed by atoms with van der Waals surface area (Å²) in [5.41, 5.74) is 2.51. The highest BCUT2D eigenvalue weighted by Crippen LogP contribution is 2.25. The number of piperidine rings is 1. The maximum absolute atomic E-state index is 12.9. The predicted octanol–water partition coefficient (Wildman–Crippen LogP) is 2.72. The number of aryl methyl sites for hydroxylation is 2. The van der Waals surface area contributed by atoms with Gasteiger partial charge in [-0.15, -0.1) is 0 Å². The third-order valence-electron chi connectivity index (χ3n) is 4.50. The van der Waals surface area contributed by atoms with Gasteiger partial charge in [-0.3, -0.25) is 9.10 Å². The standard InChI is InChI=1S/C18H28N2O3S/c1-13-7-6-8-19(12-13)18(21)16(4)20(24(5,22)23)17-10-14(2)9-15(3)11-17/h9-11,13,16H,6-8,12H2,1-5H3/t13-,16-/m1/s1. The molecule has 0 aliphatic carbocycles. The molecule has 1 aliphatic heterocycles. The van der Waals surface area contributed by atoms with Crippen molar-refractivity contribution in [1.82, 2.24) is 4.90 Å². The monoisotopic (exact) mass is 352 g/mol. The van der Waals surface area contributed by atoms with Gasteiger partial charge in [0.05, 0.1) is 11.9 Å². The number of hydrogen-bond acceptors (Lipinski definition) is 3. The Morgan fingerprint density at radius 1 is 1.25 bits per heavy atom. The van der Waals surface area contributed by atoms with Gasteiger partial charge in [0.15, 0.2) is 0 Å². The first-order chi connectivity index (χ1) is 11.1. The molecule has 6 heteroatoms. The van der Waals surface area contributed by atoms with Crippen LogP contribution in [0.1, 0.15) is 37.8 Å². The van der Waals surface area contributed by atoms with Crippen LogP contribution in [0.25, 0.3) is 0 Å². The lowest BCUT2D eigenvalue weighted by atomic mass is 10.00. The Hall–Kier alpha value is -1.56. The predicted molar refractivity (Wildman–Crippen MR) is 97.7 cm³/mol. The molecule has 1 heterocycles. The quantitative estimate of drug-likeness (QED) is 0.837. The fourth-order valence-corrected chi connectivity index (χ4v) is 4.69. The van der Waals surface area contributed by atoms with Crippen molar-refractivity contribution in [3.05, 3.63) is 29.3 Å². The summed E-state index contributed by atoms with van der Waals surface area (Å²) in [6, 6.07) is 4.88. The van der Waals surface area contributed by atoms with Crippen molar-refractivity contribution in [2.45, 2.75) is 46.6 Å². The average Bonchev–Trinajstić information content (AvgIpc) is 2.44. The van der Waals surface area contributed by atoms with Crippen molar-refractivity contribution in [3.63, 3.8) is 0 Å². The van der Waals surface area contributed by atoms with Gasteiger partial charge in [-0.1, -0.05) is 13.0 Å². The molecule has 0 radical (unpaired) electrons. The van der Waals surface area contributed by atoms with E-state index in [0.29, 0.717) is 24.7 Å². The number of carbonyl (C=O) groups excluding carboxylic acids is 1. The highest BCUT2D eigenvalue weighted by atomic mass is 32.2. The summed E-state index contributed by atoms with van der Waals surface area (Å²) in [6.07, 6.45) is 3.25. The summed E-state index contributed by atoms with van der Waals surface area (Å²) < 4.78 is 26.1. The summed E-state index contributed by atoms with van der Waals surface area (Å²) in [5, 5.41) is 0. The van der Waals surface area contributed by atoms with Crippen LogP contribution < -0.4 is 4.31 Å². The highest BCUT2D eigenvalue weighted by Gasteiger charge is 2.33. The van der Waals surface area contributed by atoms with Crippen LogP contribution in [0.2, 0.25) is 0 Å². The molecule has 1 fully saturated rings. The van der Waals surface area contributed by atoms with E-state index in [9.17, 15) is 13.2 Å². The first-order valence-electron chi connectivity index (χ1n) is 8.46. The van der Waals surface area contributed by atoms with E-state index in [1.807, 2.05) is 32.0 Å². The minimum absolute atomic E-state index is 0.119. The second-order valence-corrected chi connectivity index (χ2v) is 8.97. The van der Waals surface area contributed by atoms with Crippen LogP contribution in [-0.4, -0.2) is 44.6 Å². The number of anilines is 1. The Morgan fingerprint density at radius 3 is 2.33 bits per heavy atom. The van der Waals surface area contributed by atoms with Crippen LogP contribution in [0.4, 0.5) is 5.69 Å². The number of amides is 1. The maximum Gasteiger partial charge on any atom is 0.246 e. The molecule has 24 heavy (non-hydrogen) atoms. The average molecular weight is 353 g/mol. The molecule has 1 aromatic carbocycles. The normalized spacial score (nSPS) is 19.9. The Labute approximate surface area is 145 Å². The van der Waals surface area contributed by atoms with E-state index in [4.69, 9.17) is 0 Å². The lowest BCUT2D eigenvalue weighted by molar-refractivity contribution is -0.133. The van der Waals surface area contributed by atoms with Crippen LogP contribution in [0.15, 0.2) is 18.2 Å². The van der Waals surface area contributed by atoms with Crippen molar-refractivity contribution in [2.75, 3.05) is 23.7 Å². The maximum atomic E-state index is 12.9. The zero-order chi connectivity index (χ0) is 18.1. The Morgan fingerprint density at radius 2 is 1.83 bits per heavy atom. The SMILES string of the molecule is Cc1cc(C)cc(N([C@H](C)C(=O)N2CCC[C@@H](C)C2)S(C)(=O)=O)c1. The summed E-state index contributed by atoms with van der Waals surface area (Å²) in [5.74, 6) is 0.342. The van der Waals surface area contributed by atoms with E-state index in [-0.39, 0.29) is 5.91 Å². The van der Waals surface area contributed by atoms with Crippen molar-refractivity contribution < 1.29 is 13.2 Å². The van der Waals surface area contributed by atoms with Crippen molar-refractivity contribution in [2.24, 2.45) is 5.92 Å². The Balaban J connectivity index is 2.35. The topological polar surface area (TPSA) is 57.7 Å². The third-order valence-corrected chi connectivity index (χ3v) is 5.74. The van der Waals surface area contributed by atoms with Gasteiger partial charge >= 0.3 is 0 Å². The molecule has 2 atom stereocenters. The molecular weight excluding hydrogens is 324 g/mol. The molecule has 134 valence electrons. The van der Waals surface area contributed by atoms with Crippen LogP contribution >= 0.6 is 0 Å². The van der Waals surface area contributed by atoms with Gasteiger partial charge in [0.1, 0.15) is 6.04 Å². The Kier molecular flexibility index (Phi) is 5.58. The smallest absolute Gasteiger partial charge is 0.246 e. The van der Waals surface area contributed by atoms with Crippen LogP contribution in [0.3, 0.4) is 0 Å². The zero-order valence-electron chi connectivity index (χ0n) is 15.2. The zero-order valence-corrected chi connectivity index (χ0v) is 16.1. The first kappa shape index (κ1) is 18.8. The van der Waals surface area contributed by atoms with Crippen LogP contribution in [0.5, 0.6) is 0 Å². The number of nitrogens with zero attached hydrogens (tertiary/aromatic N) is 2. The number of hydrogen-bond donors (Lipinski definition) is 0. The van der Waals surface area contributed by atoms with Gasteiger partial charge in [0.25, 0.3) is 0 Å². The molecule has 0 bridgehead atoms. The second-order valence-electron chi connectivity index (χ2n) is 7.11. The van der Waals surface area contributed by atoms with Crippen LogP contribution in [-0.2, 0) is 14.8 Å². The van der Waals surface area contributed by atoms with Crippen molar-refractivity contribution in [1.29, 1.82) is 0 Å². The molecule has 1 amide bonds. The van der Waals surface area contributed by atoms with Crippen molar-refractivity contribution in [3.8, 4) is 0 Å². The van der Waals surface area contributed by atoms with E-state index >= 15 is 0 Å². The second kappa shape index (κ2) is 7.13. The fourth-order valence-electron chi connectivity index (χ4n) is 3.53.